The standard InChI is InChI=1S/C14H17ClN6O.2ClH/c15-10-2-1-3-11(8-10)19-4-6-20(7-5-19)13-9-12(16)21(22)14(17)18-13;;/h1-3,8-9,17,22H,4-7,16H2;2*1H. The Balaban J connectivity index is 0.00000144. The van der Waals surface area contributed by atoms with Gasteiger partial charge in [0.1, 0.15) is 11.6 Å². The van der Waals surface area contributed by atoms with Crippen LogP contribution in [-0.4, -0.2) is 41.1 Å². The summed E-state index contributed by atoms with van der Waals surface area (Å²) < 4.78 is 0.561. The molecule has 1 fully saturated rings. The van der Waals surface area contributed by atoms with Gasteiger partial charge in [0.2, 0.25) is 0 Å². The number of aromatic nitrogens is 2. The number of nitrogen functional groups attached to an aromatic ring is 1. The summed E-state index contributed by atoms with van der Waals surface area (Å²) in [5.41, 5.74) is 6.49. The van der Waals surface area contributed by atoms with Crippen molar-refractivity contribution in [3.63, 3.8) is 0 Å². The number of anilines is 3. The molecule has 0 atom stereocenters. The maximum absolute atomic E-state index is 9.45. The highest BCUT2D eigenvalue weighted by molar-refractivity contribution is 6.30. The number of hydrogen-bond acceptors (Lipinski definition) is 6. The molecule has 1 aromatic carbocycles. The number of nitrogens with zero attached hydrogens (tertiary/aromatic N) is 4. The molecule has 0 aliphatic carbocycles. The smallest absolute Gasteiger partial charge is 0.259 e. The Hall–Kier alpha value is -1.83. The average molecular weight is 394 g/mol. The summed E-state index contributed by atoms with van der Waals surface area (Å²) in [6.07, 6.45) is 0. The summed E-state index contributed by atoms with van der Waals surface area (Å²) in [6.45, 7) is 3.16. The first-order chi connectivity index (χ1) is 10.5. The van der Waals surface area contributed by atoms with E-state index in [1.165, 1.54) is 0 Å². The zero-order valence-electron chi connectivity index (χ0n) is 12.7. The number of nitrogens with two attached hydrogens (primary N) is 1. The van der Waals surface area contributed by atoms with E-state index < -0.39 is 0 Å². The molecule has 24 heavy (non-hydrogen) atoms. The fourth-order valence-electron chi connectivity index (χ4n) is 2.53. The van der Waals surface area contributed by atoms with Crippen molar-refractivity contribution in [1.29, 1.82) is 5.41 Å². The molecule has 132 valence electrons. The van der Waals surface area contributed by atoms with E-state index >= 15 is 0 Å². The number of benzene rings is 1. The third-order valence-electron chi connectivity index (χ3n) is 3.72. The van der Waals surface area contributed by atoms with E-state index in [1.807, 2.05) is 24.3 Å². The number of halogens is 3. The lowest BCUT2D eigenvalue weighted by Gasteiger charge is -2.36. The third-order valence-corrected chi connectivity index (χ3v) is 3.95. The Morgan fingerprint density at radius 3 is 2.29 bits per heavy atom. The van der Waals surface area contributed by atoms with Crippen molar-refractivity contribution in [3.8, 4) is 0 Å². The molecule has 1 aliphatic rings. The van der Waals surface area contributed by atoms with Crippen LogP contribution in [0.3, 0.4) is 0 Å². The number of rotatable bonds is 2. The van der Waals surface area contributed by atoms with Crippen LogP contribution >= 0.6 is 36.4 Å². The number of hydrogen-bond donors (Lipinski definition) is 3. The second-order valence-corrected chi connectivity index (χ2v) is 5.57. The molecule has 4 N–H and O–H groups in total. The number of nitrogens with one attached hydrogen (secondary N) is 1. The molecule has 2 aromatic rings. The van der Waals surface area contributed by atoms with Gasteiger partial charge in [0, 0.05) is 43.0 Å². The summed E-state index contributed by atoms with van der Waals surface area (Å²) >= 11 is 6.03. The highest BCUT2D eigenvalue weighted by atomic mass is 35.5. The van der Waals surface area contributed by atoms with Gasteiger partial charge in [0.05, 0.1) is 0 Å². The molecule has 1 aromatic heterocycles. The monoisotopic (exact) mass is 392 g/mol. The van der Waals surface area contributed by atoms with E-state index in [4.69, 9.17) is 22.7 Å². The topological polar surface area (TPSA) is 94.4 Å². The Morgan fingerprint density at radius 1 is 1.08 bits per heavy atom. The number of piperazine rings is 1. The predicted octanol–water partition coefficient (Wildman–Crippen LogP) is 2.01. The van der Waals surface area contributed by atoms with E-state index in [9.17, 15) is 5.21 Å². The van der Waals surface area contributed by atoms with Gasteiger partial charge in [-0.3, -0.25) is 5.41 Å². The lowest BCUT2D eigenvalue weighted by Crippen LogP contribution is -2.47. The molecule has 1 saturated heterocycles. The Labute approximate surface area is 156 Å². The summed E-state index contributed by atoms with van der Waals surface area (Å²) in [4.78, 5) is 8.36. The quantitative estimate of drug-likeness (QED) is 0.679. The van der Waals surface area contributed by atoms with Crippen LogP contribution in [0.4, 0.5) is 17.3 Å². The fraction of sp³-hybridized carbons (Fsp3) is 0.286. The minimum Gasteiger partial charge on any atom is -0.423 e. The first kappa shape index (κ1) is 20.2. The molecular formula is C14H19Cl3N6O. The molecule has 10 heteroatoms. The molecule has 0 saturated carbocycles. The molecule has 1 aliphatic heterocycles. The van der Waals surface area contributed by atoms with E-state index in [0.29, 0.717) is 10.5 Å². The van der Waals surface area contributed by atoms with Gasteiger partial charge in [0.15, 0.2) is 0 Å². The van der Waals surface area contributed by atoms with Gasteiger partial charge in [-0.2, -0.15) is 4.98 Å². The highest BCUT2D eigenvalue weighted by Gasteiger charge is 2.19. The van der Waals surface area contributed by atoms with Crippen molar-refractivity contribution in [2.24, 2.45) is 0 Å². The van der Waals surface area contributed by atoms with Crippen LogP contribution in [0, 0.1) is 5.41 Å². The minimum atomic E-state index is -0.271. The lowest BCUT2D eigenvalue weighted by molar-refractivity contribution is 0.171. The molecule has 7 nitrogen and oxygen atoms in total. The highest BCUT2D eigenvalue weighted by Crippen LogP contribution is 2.22. The van der Waals surface area contributed by atoms with Crippen LogP contribution in [0.1, 0.15) is 0 Å². The van der Waals surface area contributed by atoms with Gasteiger partial charge >= 0.3 is 0 Å². The van der Waals surface area contributed by atoms with Gasteiger partial charge in [-0.15, -0.1) is 29.5 Å². The summed E-state index contributed by atoms with van der Waals surface area (Å²) in [5, 5.41) is 17.8. The van der Waals surface area contributed by atoms with Gasteiger partial charge in [-0.25, -0.2) is 0 Å². The largest absolute Gasteiger partial charge is 0.423 e. The predicted molar refractivity (Wildman–Crippen MR) is 100 cm³/mol. The van der Waals surface area contributed by atoms with Crippen molar-refractivity contribution in [2.45, 2.75) is 0 Å². The summed E-state index contributed by atoms with van der Waals surface area (Å²) in [6, 6.07) is 9.37. The van der Waals surface area contributed by atoms with Crippen molar-refractivity contribution >= 4 is 53.7 Å². The van der Waals surface area contributed by atoms with Gasteiger partial charge in [-0.1, -0.05) is 17.7 Å². The molecular weight excluding hydrogens is 375 g/mol. The molecule has 2 heterocycles. The third kappa shape index (κ3) is 4.17. The zero-order chi connectivity index (χ0) is 15.7. The summed E-state index contributed by atoms with van der Waals surface area (Å²) in [7, 11) is 0. The van der Waals surface area contributed by atoms with Gasteiger partial charge < -0.3 is 20.7 Å². The Morgan fingerprint density at radius 2 is 1.71 bits per heavy atom. The van der Waals surface area contributed by atoms with Crippen molar-refractivity contribution in [2.75, 3.05) is 41.7 Å². The normalized spacial score (nSPS) is 13.9. The van der Waals surface area contributed by atoms with Crippen LogP contribution in [0.5, 0.6) is 0 Å². The van der Waals surface area contributed by atoms with E-state index in [2.05, 4.69) is 14.8 Å². The summed E-state index contributed by atoms with van der Waals surface area (Å²) in [5.74, 6) is 0.714. The molecule has 0 unspecified atom stereocenters. The van der Waals surface area contributed by atoms with E-state index in [1.54, 1.807) is 6.07 Å². The maximum Gasteiger partial charge on any atom is 0.259 e. The van der Waals surface area contributed by atoms with Crippen LogP contribution in [0.25, 0.3) is 0 Å². The Bertz CT molecular complexity index is 746. The minimum absolute atomic E-state index is 0. The maximum atomic E-state index is 9.45. The lowest BCUT2D eigenvalue weighted by atomic mass is 10.2. The molecule has 0 bridgehead atoms. The molecule has 0 amide bonds. The van der Waals surface area contributed by atoms with Gasteiger partial charge in [0.25, 0.3) is 5.62 Å². The Kier molecular flexibility index (Phi) is 7.01. The zero-order valence-corrected chi connectivity index (χ0v) is 15.1. The average Bonchev–Trinajstić information content (AvgIpc) is 2.52. The van der Waals surface area contributed by atoms with Crippen LogP contribution < -0.4 is 21.2 Å². The van der Waals surface area contributed by atoms with E-state index in [0.717, 1.165) is 36.9 Å². The van der Waals surface area contributed by atoms with Crippen molar-refractivity contribution in [3.05, 3.63) is 41.0 Å². The van der Waals surface area contributed by atoms with Gasteiger partial charge in [-0.05, 0) is 18.2 Å². The van der Waals surface area contributed by atoms with Crippen LogP contribution in [0.2, 0.25) is 5.02 Å². The molecule has 0 spiro atoms. The van der Waals surface area contributed by atoms with Crippen molar-refractivity contribution in [1.82, 2.24) is 9.71 Å². The van der Waals surface area contributed by atoms with Crippen LogP contribution in [-0.2, 0) is 0 Å². The fourth-order valence-corrected chi connectivity index (χ4v) is 2.72. The second kappa shape index (κ2) is 8.32. The van der Waals surface area contributed by atoms with E-state index in [-0.39, 0.29) is 36.3 Å². The SMILES string of the molecule is Cl.Cl.N=c1nc(N2CCN(c3cccc(Cl)c3)CC2)cc(N)n1O. The first-order valence-corrected chi connectivity index (χ1v) is 7.31. The molecule has 0 radical (unpaired) electrons. The van der Waals surface area contributed by atoms with Crippen molar-refractivity contribution < 1.29 is 5.21 Å². The molecule has 3 rings (SSSR count). The van der Waals surface area contributed by atoms with Crippen LogP contribution in [0.15, 0.2) is 30.3 Å². The first-order valence-electron chi connectivity index (χ1n) is 6.93. The second-order valence-electron chi connectivity index (χ2n) is 5.13.